The van der Waals surface area contributed by atoms with Crippen LogP contribution in [0.1, 0.15) is 77.1 Å². The molecule has 0 N–H and O–H groups in total. The Labute approximate surface area is 320 Å². The van der Waals surface area contributed by atoms with E-state index in [0.29, 0.717) is 11.8 Å². The molecule has 0 aromatic heterocycles. The summed E-state index contributed by atoms with van der Waals surface area (Å²) in [4.78, 5) is 2.59. The van der Waals surface area contributed by atoms with Crippen molar-refractivity contribution in [1.29, 1.82) is 0 Å². The quantitative estimate of drug-likeness (QED) is 0.173. The molecule has 0 saturated carbocycles. The molecule has 0 heterocycles. The van der Waals surface area contributed by atoms with Crippen molar-refractivity contribution in [2.45, 2.75) is 51.9 Å². The summed E-state index contributed by atoms with van der Waals surface area (Å²) in [6.45, 7) is 9.23. The van der Waals surface area contributed by atoms with Gasteiger partial charge in [0.1, 0.15) is 0 Å². The topological polar surface area (TPSA) is 3.24 Å². The molecule has 0 saturated heterocycles. The van der Waals surface area contributed by atoms with Gasteiger partial charge in [-0.05, 0) is 125 Å². The summed E-state index contributed by atoms with van der Waals surface area (Å²) in [6, 6.07) is 48.5. The van der Waals surface area contributed by atoms with Crippen molar-refractivity contribution in [3.63, 3.8) is 0 Å². The lowest BCUT2D eigenvalue weighted by Gasteiger charge is -2.33. The van der Waals surface area contributed by atoms with E-state index in [4.69, 9.17) is 0 Å². The van der Waals surface area contributed by atoms with E-state index in [1.807, 2.05) is 0 Å². The van der Waals surface area contributed by atoms with Gasteiger partial charge in [-0.15, -0.1) is 0 Å². The first-order valence-electron chi connectivity index (χ1n) is 19.6. The summed E-state index contributed by atoms with van der Waals surface area (Å²) in [6.07, 6.45) is 16.0. The van der Waals surface area contributed by atoms with Crippen LogP contribution in [0.4, 0.5) is 17.1 Å². The molecular weight excluding hydrogens is 651 g/mol. The zero-order valence-electron chi connectivity index (χ0n) is 31.6. The van der Waals surface area contributed by atoms with E-state index >= 15 is 0 Å². The molecule has 1 nitrogen and oxygen atoms in total. The SMILES string of the molecule is CC1=C(c2c(C)cccc2N(c2ccc(C3C=CC=CC3C)c(C)c2)c2cccc3c2-c2ccccc2C32c3ccccc3-c3ccccc32)C=CCC1. The minimum Gasteiger partial charge on any atom is -0.309 e. The van der Waals surface area contributed by atoms with E-state index in [0.717, 1.165) is 12.8 Å². The highest BCUT2D eigenvalue weighted by Crippen LogP contribution is 2.64. The highest BCUT2D eigenvalue weighted by atomic mass is 15.1. The van der Waals surface area contributed by atoms with E-state index < -0.39 is 5.41 Å². The summed E-state index contributed by atoms with van der Waals surface area (Å²) in [7, 11) is 0. The van der Waals surface area contributed by atoms with Gasteiger partial charge >= 0.3 is 0 Å². The Morgan fingerprint density at radius 2 is 1.19 bits per heavy atom. The molecule has 4 aliphatic rings. The van der Waals surface area contributed by atoms with Crippen LogP contribution < -0.4 is 4.90 Å². The van der Waals surface area contributed by atoms with Crippen molar-refractivity contribution in [2.24, 2.45) is 5.92 Å². The zero-order valence-corrected chi connectivity index (χ0v) is 31.6. The molecule has 4 aliphatic carbocycles. The second kappa shape index (κ2) is 12.6. The van der Waals surface area contributed by atoms with E-state index in [1.165, 1.54) is 95.0 Å². The maximum Gasteiger partial charge on any atom is 0.0726 e. The van der Waals surface area contributed by atoms with Crippen LogP contribution in [0.25, 0.3) is 27.8 Å². The van der Waals surface area contributed by atoms with Crippen LogP contribution in [0.15, 0.2) is 169 Å². The van der Waals surface area contributed by atoms with Gasteiger partial charge < -0.3 is 4.90 Å². The van der Waals surface area contributed by atoms with E-state index in [2.05, 4.69) is 196 Å². The van der Waals surface area contributed by atoms with Gasteiger partial charge in [0.15, 0.2) is 0 Å². The van der Waals surface area contributed by atoms with Crippen LogP contribution in [0.2, 0.25) is 0 Å². The average molecular weight is 696 g/mol. The van der Waals surface area contributed by atoms with Gasteiger partial charge in [-0.25, -0.2) is 0 Å². The van der Waals surface area contributed by atoms with Crippen molar-refractivity contribution >= 4 is 22.6 Å². The number of fused-ring (bicyclic) bond motifs is 10. The maximum absolute atomic E-state index is 2.59. The van der Waals surface area contributed by atoms with Gasteiger partial charge in [0.25, 0.3) is 0 Å². The predicted molar refractivity (Wildman–Crippen MR) is 228 cm³/mol. The standard InChI is InChI=1S/C53H45N/c1-34-17-5-7-20-39(34)40-32-31-38(33-37(40)4)54(49-29-15-19-36(3)51(49)41-21-8-6-18-35(41)2)50-30-16-28-48-52(50)44-24-11-14-27-47(44)53(48)45-25-12-9-22-42(45)43-23-10-13-26-46(43)53/h5,7-17,19-34,39H,6,18H2,1-4H3. The number of hydrogen-bond acceptors (Lipinski definition) is 1. The third-order valence-electron chi connectivity index (χ3n) is 12.7. The molecule has 0 fully saturated rings. The highest BCUT2D eigenvalue weighted by Gasteiger charge is 2.52. The normalized spacial score (nSPS) is 18.4. The minimum absolute atomic E-state index is 0.363. The molecule has 1 spiro atoms. The van der Waals surface area contributed by atoms with Gasteiger partial charge in [0.05, 0.1) is 16.8 Å². The fraction of sp³-hybridized carbons (Fsp3) is 0.170. The molecule has 2 atom stereocenters. The second-order valence-electron chi connectivity index (χ2n) is 15.7. The minimum atomic E-state index is -0.405. The molecule has 0 amide bonds. The van der Waals surface area contributed by atoms with Gasteiger partial charge in [0, 0.05) is 22.7 Å². The van der Waals surface area contributed by atoms with Crippen LogP contribution >= 0.6 is 0 Å². The van der Waals surface area contributed by atoms with Gasteiger partial charge in [0.2, 0.25) is 0 Å². The summed E-state index contributed by atoms with van der Waals surface area (Å²) >= 11 is 0. The molecule has 2 unspecified atom stereocenters. The second-order valence-corrected chi connectivity index (χ2v) is 15.7. The number of benzene rings is 6. The fourth-order valence-electron chi connectivity index (χ4n) is 10.3. The summed E-state index contributed by atoms with van der Waals surface area (Å²) < 4.78 is 0. The molecule has 0 radical (unpaired) electrons. The number of anilines is 3. The number of rotatable bonds is 5. The Morgan fingerprint density at radius 1 is 0.574 bits per heavy atom. The average Bonchev–Trinajstić information content (AvgIpc) is 3.67. The Balaban J connectivity index is 1.28. The van der Waals surface area contributed by atoms with Crippen molar-refractivity contribution < 1.29 is 0 Å². The first kappa shape index (κ1) is 32.7. The molecule has 0 aliphatic heterocycles. The predicted octanol–water partition coefficient (Wildman–Crippen LogP) is 14.1. The molecule has 6 aromatic carbocycles. The van der Waals surface area contributed by atoms with Gasteiger partial charge in [-0.2, -0.15) is 0 Å². The first-order valence-corrected chi connectivity index (χ1v) is 19.6. The van der Waals surface area contributed by atoms with Crippen LogP contribution in [-0.4, -0.2) is 0 Å². The van der Waals surface area contributed by atoms with Gasteiger partial charge in [-0.1, -0.05) is 152 Å². The Hall–Kier alpha value is -5.92. The molecular formula is C53H45N. The molecule has 54 heavy (non-hydrogen) atoms. The van der Waals surface area contributed by atoms with Crippen LogP contribution in [0.3, 0.4) is 0 Å². The number of hydrogen-bond donors (Lipinski definition) is 0. The number of aryl methyl sites for hydroxylation is 2. The summed E-state index contributed by atoms with van der Waals surface area (Å²) in [5, 5.41) is 0. The van der Waals surface area contributed by atoms with E-state index in [9.17, 15) is 0 Å². The van der Waals surface area contributed by atoms with Crippen LogP contribution in [-0.2, 0) is 5.41 Å². The lowest BCUT2D eigenvalue weighted by atomic mass is 9.70. The van der Waals surface area contributed by atoms with Crippen molar-refractivity contribution in [3.8, 4) is 22.3 Å². The molecule has 6 aromatic rings. The third-order valence-corrected chi connectivity index (χ3v) is 12.7. The molecule has 262 valence electrons. The van der Waals surface area contributed by atoms with Gasteiger partial charge in [-0.3, -0.25) is 0 Å². The Kier molecular flexibility index (Phi) is 7.63. The molecule has 1 heteroatoms. The lowest BCUT2D eigenvalue weighted by Crippen LogP contribution is -2.26. The Bertz CT molecular complexity index is 2580. The first-order chi connectivity index (χ1) is 26.5. The Morgan fingerprint density at radius 3 is 1.87 bits per heavy atom. The summed E-state index contributed by atoms with van der Waals surface area (Å²) in [5.41, 5.74) is 22.1. The lowest BCUT2D eigenvalue weighted by molar-refractivity contribution is 0.632. The molecule has 10 rings (SSSR count). The number of allylic oxidation sites excluding steroid dienone is 8. The smallest absolute Gasteiger partial charge is 0.0726 e. The monoisotopic (exact) mass is 695 g/mol. The van der Waals surface area contributed by atoms with Crippen LogP contribution in [0.5, 0.6) is 0 Å². The summed E-state index contributed by atoms with van der Waals surface area (Å²) in [5.74, 6) is 0.816. The largest absolute Gasteiger partial charge is 0.309 e. The van der Waals surface area contributed by atoms with E-state index in [1.54, 1.807) is 0 Å². The maximum atomic E-state index is 2.59. The highest BCUT2D eigenvalue weighted by molar-refractivity contribution is 6.02. The fourth-order valence-corrected chi connectivity index (χ4v) is 10.3. The number of nitrogens with zero attached hydrogens (tertiary/aromatic N) is 1. The van der Waals surface area contributed by atoms with E-state index in [-0.39, 0.29) is 0 Å². The van der Waals surface area contributed by atoms with Crippen LogP contribution in [0, 0.1) is 19.8 Å². The zero-order chi connectivity index (χ0) is 36.6. The van der Waals surface area contributed by atoms with Crippen molar-refractivity contribution in [1.82, 2.24) is 0 Å². The van der Waals surface area contributed by atoms with Crippen molar-refractivity contribution in [3.05, 3.63) is 214 Å². The molecule has 0 bridgehead atoms. The third kappa shape index (κ3) is 4.64. The van der Waals surface area contributed by atoms with Crippen molar-refractivity contribution in [2.75, 3.05) is 4.90 Å².